The number of pyridine rings is 1. The molecular formula is C32H31N3O6. The highest BCUT2D eigenvalue weighted by molar-refractivity contribution is 5.97. The number of hydrogen-bond acceptors (Lipinski definition) is 8. The zero-order valence-corrected chi connectivity index (χ0v) is 23.1. The molecule has 1 amide bonds. The molecule has 1 unspecified atom stereocenters. The third kappa shape index (κ3) is 5.36. The average Bonchev–Trinajstić information content (AvgIpc) is 3.60. The van der Waals surface area contributed by atoms with Crippen LogP contribution in [0.2, 0.25) is 0 Å². The number of benzene rings is 2. The zero-order valence-electron chi connectivity index (χ0n) is 23.1. The molecule has 41 heavy (non-hydrogen) atoms. The Labute approximate surface area is 237 Å². The number of rotatable bonds is 6. The van der Waals surface area contributed by atoms with Crippen molar-refractivity contribution in [2.75, 3.05) is 33.4 Å². The highest BCUT2D eigenvalue weighted by atomic mass is 16.5. The Bertz CT molecular complexity index is 1650. The SMILES string of the molecule is COc1cc(C(=O)N2CCC(C)(O)C2)ccc1-c1cc2nccc(-c3ccc(OC4CCOCC4)c(C#N)c3)c2o1. The smallest absolute Gasteiger partial charge is 0.254 e. The van der Waals surface area contributed by atoms with Crippen molar-refractivity contribution < 1.29 is 28.5 Å². The minimum absolute atomic E-state index is 0.0313. The van der Waals surface area contributed by atoms with Crippen molar-refractivity contribution in [3.63, 3.8) is 0 Å². The van der Waals surface area contributed by atoms with Gasteiger partial charge < -0.3 is 28.6 Å². The summed E-state index contributed by atoms with van der Waals surface area (Å²) in [5.41, 5.74) is 3.57. The second-order valence-corrected chi connectivity index (χ2v) is 10.8. The molecule has 4 aromatic rings. The maximum atomic E-state index is 13.1. The van der Waals surface area contributed by atoms with Gasteiger partial charge in [-0.25, -0.2) is 0 Å². The van der Waals surface area contributed by atoms with Crippen LogP contribution in [-0.4, -0.2) is 66.0 Å². The maximum absolute atomic E-state index is 13.1. The number of amides is 1. The summed E-state index contributed by atoms with van der Waals surface area (Å²) in [7, 11) is 1.55. The fourth-order valence-electron chi connectivity index (χ4n) is 5.49. The Hall–Kier alpha value is -4.39. The molecule has 2 aromatic carbocycles. The van der Waals surface area contributed by atoms with E-state index in [4.69, 9.17) is 18.6 Å². The number of likely N-dealkylation sites (tertiary alicyclic amines) is 1. The van der Waals surface area contributed by atoms with Gasteiger partial charge in [0.15, 0.2) is 5.58 Å². The molecule has 0 spiro atoms. The van der Waals surface area contributed by atoms with E-state index in [9.17, 15) is 15.2 Å². The number of methoxy groups -OCH3 is 1. The summed E-state index contributed by atoms with van der Waals surface area (Å²) in [5.74, 6) is 1.44. The predicted molar refractivity (Wildman–Crippen MR) is 152 cm³/mol. The van der Waals surface area contributed by atoms with Crippen LogP contribution in [-0.2, 0) is 4.74 Å². The molecule has 9 heteroatoms. The van der Waals surface area contributed by atoms with Gasteiger partial charge in [0, 0.05) is 49.3 Å². The minimum atomic E-state index is -0.870. The number of ether oxygens (including phenoxy) is 3. The average molecular weight is 554 g/mol. The molecule has 2 fully saturated rings. The first-order valence-corrected chi connectivity index (χ1v) is 13.7. The van der Waals surface area contributed by atoms with Gasteiger partial charge in [-0.3, -0.25) is 9.78 Å². The number of aliphatic hydroxyl groups is 1. The van der Waals surface area contributed by atoms with Gasteiger partial charge in [0.2, 0.25) is 0 Å². The van der Waals surface area contributed by atoms with Gasteiger partial charge in [0.05, 0.1) is 37.1 Å². The molecule has 0 aliphatic carbocycles. The van der Waals surface area contributed by atoms with Crippen LogP contribution in [0.5, 0.6) is 11.5 Å². The lowest BCUT2D eigenvalue weighted by atomic mass is 10.0. The molecule has 4 heterocycles. The molecule has 0 radical (unpaired) electrons. The number of nitrogens with zero attached hydrogens (tertiary/aromatic N) is 3. The van der Waals surface area contributed by atoms with Crippen molar-refractivity contribution in [2.24, 2.45) is 0 Å². The second kappa shape index (κ2) is 10.9. The first-order valence-electron chi connectivity index (χ1n) is 13.7. The summed E-state index contributed by atoms with van der Waals surface area (Å²) in [4.78, 5) is 19.2. The normalized spacial score (nSPS) is 19.3. The first kappa shape index (κ1) is 26.8. The quantitative estimate of drug-likeness (QED) is 0.346. The molecule has 6 rings (SSSR count). The van der Waals surface area contributed by atoms with E-state index in [0.29, 0.717) is 77.8 Å². The minimum Gasteiger partial charge on any atom is -0.496 e. The van der Waals surface area contributed by atoms with Gasteiger partial charge in [0.25, 0.3) is 5.91 Å². The number of β-amino-alcohol motifs (C(OH)–C–C–N with tert-alkyl or cyclic N) is 1. The Kier molecular flexibility index (Phi) is 7.12. The largest absolute Gasteiger partial charge is 0.496 e. The van der Waals surface area contributed by atoms with Crippen molar-refractivity contribution >= 4 is 17.0 Å². The van der Waals surface area contributed by atoms with Crippen LogP contribution in [0.4, 0.5) is 0 Å². The highest BCUT2D eigenvalue weighted by Gasteiger charge is 2.34. The number of nitriles is 1. The van der Waals surface area contributed by atoms with Gasteiger partial charge in [-0.1, -0.05) is 6.07 Å². The fraction of sp³-hybridized carbons (Fsp3) is 0.344. The number of fused-ring (bicyclic) bond motifs is 1. The third-order valence-electron chi connectivity index (χ3n) is 7.74. The van der Waals surface area contributed by atoms with Crippen LogP contribution < -0.4 is 9.47 Å². The van der Waals surface area contributed by atoms with Crippen LogP contribution in [0, 0.1) is 11.3 Å². The lowest BCUT2D eigenvalue weighted by Gasteiger charge is -2.23. The van der Waals surface area contributed by atoms with Gasteiger partial charge in [-0.2, -0.15) is 5.26 Å². The Morgan fingerprint density at radius 1 is 1.12 bits per heavy atom. The van der Waals surface area contributed by atoms with Crippen molar-refractivity contribution in [1.82, 2.24) is 9.88 Å². The van der Waals surface area contributed by atoms with Crippen molar-refractivity contribution in [3.8, 4) is 40.0 Å². The molecule has 0 bridgehead atoms. The summed E-state index contributed by atoms with van der Waals surface area (Å²) in [6, 6.07) is 16.8. The summed E-state index contributed by atoms with van der Waals surface area (Å²) in [6.07, 6.45) is 3.88. The van der Waals surface area contributed by atoms with Crippen LogP contribution in [0.1, 0.15) is 42.1 Å². The molecule has 210 valence electrons. The highest BCUT2D eigenvalue weighted by Crippen LogP contribution is 2.39. The van der Waals surface area contributed by atoms with Gasteiger partial charge in [-0.05, 0) is 55.3 Å². The fourth-order valence-corrected chi connectivity index (χ4v) is 5.49. The Morgan fingerprint density at radius 2 is 1.95 bits per heavy atom. The maximum Gasteiger partial charge on any atom is 0.254 e. The van der Waals surface area contributed by atoms with Crippen LogP contribution >= 0.6 is 0 Å². The molecule has 2 aliphatic rings. The van der Waals surface area contributed by atoms with E-state index in [-0.39, 0.29) is 12.0 Å². The van der Waals surface area contributed by atoms with Gasteiger partial charge in [-0.15, -0.1) is 0 Å². The molecule has 1 N–H and O–H groups in total. The molecule has 0 saturated carbocycles. The van der Waals surface area contributed by atoms with Crippen LogP contribution in [0.15, 0.2) is 59.1 Å². The monoisotopic (exact) mass is 553 g/mol. The van der Waals surface area contributed by atoms with Crippen molar-refractivity contribution in [1.29, 1.82) is 5.26 Å². The Balaban J connectivity index is 1.31. The lowest BCUT2D eigenvalue weighted by Crippen LogP contribution is -2.33. The van der Waals surface area contributed by atoms with Crippen LogP contribution in [0.3, 0.4) is 0 Å². The standard InChI is InChI=1S/C32H31N3O6/c1-32(37)10-12-35(19-32)31(36)21-3-5-25(28(16-21)38-2)29-17-26-30(41-29)24(7-11-34-26)20-4-6-27(22(15-20)18-33)40-23-8-13-39-14-9-23/h3-7,11,15-17,23,37H,8-10,12-14,19H2,1-2H3. The zero-order chi connectivity index (χ0) is 28.6. The lowest BCUT2D eigenvalue weighted by molar-refractivity contribution is 0.0254. The number of furan rings is 1. The van der Waals surface area contributed by atoms with E-state index in [1.807, 2.05) is 30.3 Å². The number of hydrogen-bond donors (Lipinski definition) is 1. The molecule has 9 nitrogen and oxygen atoms in total. The van der Waals surface area contributed by atoms with E-state index in [0.717, 1.165) is 24.0 Å². The first-order chi connectivity index (χ1) is 19.8. The predicted octanol–water partition coefficient (Wildman–Crippen LogP) is 5.20. The third-order valence-corrected chi connectivity index (χ3v) is 7.74. The summed E-state index contributed by atoms with van der Waals surface area (Å²) in [5, 5.41) is 20.1. The van der Waals surface area contributed by atoms with Gasteiger partial charge in [0.1, 0.15) is 34.9 Å². The van der Waals surface area contributed by atoms with E-state index in [2.05, 4.69) is 11.1 Å². The molecule has 2 aliphatic heterocycles. The van der Waals surface area contributed by atoms with Gasteiger partial charge >= 0.3 is 0 Å². The van der Waals surface area contributed by atoms with E-state index >= 15 is 0 Å². The second-order valence-electron chi connectivity index (χ2n) is 10.8. The number of carbonyl (C=O) groups excluding carboxylic acids is 1. The van der Waals surface area contributed by atoms with Crippen molar-refractivity contribution in [2.45, 2.75) is 37.9 Å². The van der Waals surface area contributed by atoms with Crippen molar-refractivity contribution in [3.05, 3.63) is 65.9 Å². The van der Waals surface area contributed by atoms with Crippen LogP contribution in [0.25, 0.3) is 33.6 Å². The molecule has 1 atom stereocenters. The summed E-state index contributed by atoms with van der Waals surface area (Å²) >= 11 is 0. The molecular weight excluding hydrogens is 522 g/mol. The van der Waals surface area contributed by atoms with E-state index < -0.39 is 5.60 Å². The molecule has 2 aromatic heterocycles. The number of aromatic nitrogens is 1. The topological polar surface area (TPSA) is 118 Å². The number of carbonyl (C=O) groups is 1. The summed E-state index contributed by atoms with van der Waals surface area (Å²) in [6.45, 7) is 3.86. The molecule has 2 saturated heterocycles. The Morgan fingerprint density at radius 3 is 2.68 bits per heavy atom. The van der Waals surface area contributed by atoms with E-state index in [1.165, 1.54) is 0 Å². The van der Waals surface area contributed by atoms with E-state index in [1.54, 1.807) is 43.3 Å². The summed E-state index contributed by atoms with van der Waals surface area (Å²) < 4.78 is 23.5.